The Bertz CT molecular complexity index is 636. The van der Waals surface area contributed by atoms with Gasteiger partial charge < -0.3 is 10.1 Å². The number of carboxylic acid groups (broad SMARTS) is 1. The molecule has 0 radical (unpaired) electrons. The number of aromatic carboxylic acids is 1. The van der Waals surface area contributed by atoms with E-state index in [0.29, 0.717) is 32.7 Å². The number of carboxylic acids is 1. The first-order valence-corrected chi connectivity index (χ1v) is 7.47. The van der Waals surface area contributed by atoms with Crippen molar-refractivity contribution < 1.29 is 18.3 Å². The number of aromatic nitrogens is 1. The van der Waals surface area contributed by atoms with Gasteiger partial charge in [-0.1, -0.05) is 5.92 Å². The number of carbonyl (C=O) groups is 1. The quantitative estimate of drug-likeness (QED) is 0.741. The first-order valence-electron chi connectivity index (χ1n) is 6.03. The van der Waals surface area contributed by atoms with Crippen molar-refractivity contribution in [1.82, 2.24) is 14.2 Å². The summed E-state index contributed by atoms with van der Waals surface area (Å²) in [6, 6.07) is 1.13. The summed E-state index contributed by atoms with van der Waals surface area (Å²) < 4.78 is 26.0. The molecule has 1 aliphatic heterocycles. The highest BCUT2D eigenvalue weighted by molar-refractivity contribution is 7.89. The van der Waals surface area contributed by atoms with Gasteiger partial charge in [-0.2, -0.15) is 4.31 Å². The van der Waals surface area contributed by atoms with Crippen molar-refractivity contribution in [3.63, 3.8) is 0 Å². The highest BCUT2D eigenvalue weighted by Gasteiger charge is 2.29. The normalized spacial score (nSPS) is 17.8. The molecule has 0 atom stereocenters. The molecule has 1 fully saturated rings. The van der Waals surface area contributed by atoms with Crippen LogP contribution in [-0.4, -0.2) is 66.4 Å². The lowest BCUT2D eigenvalue weighted by molar-refractivity contribution is 0.0691. The molecule has 1 aromatic heterocycles. The molecule has 108 valence electrons. The van der Waals surface area contributed by atoms with Crippen molar-refractivity contribution in [3.8, 4) is 12.3 Å². The Labute approximate surface area is 117 Å². The minimum absolute atomic E-state index is 0.0275. The van der Waals surface area contributed by atoms with E-state index in [2.05, 4.69) is 10.9 Å². The predicted molar refractivity (Wildman–Crippen MR) is 71.8 cm³/mol. The summed E-state index contributed by atoms with van der Waals surface area (Å²) in [5, 5.41) is 8.80. The van der Waals surface area contributed by atoms with Crippen LogP contribution in [0.2, 0.25) is 0 Å². The van der Waals surface area contributed by atoms with E-state index in [9.17, 15) is 13.2 Å². The average molecular weight is 297 g/mol. The second-order valence-corrected chi connectivity index (χ2v) is 6.38. The molecule has 0 unspecified atom stereocenters. The van der Waals surface area contributed by atoms with Gasteiger partial charge in [0.25, 0.3) is 0 Å². The number of hydrogen-bond acceptors (Lipinski definition) is 4. The summed E-state index contributed by atoms with van der Waals surface area (Å²) >= 11 is 0. The number of sulfonamides is 1. The zero-order valence-corrected chi connectivity index (χ0v) is 11.6. The van der Waals surface area contributed by atoms with Crippen LogP contribution in [0.4, 0.5) is 0 Å². The molecule has 0 saturated carbocycles. The summed E-state index contributed by atoms with van der Waals surface area (Å²) in [5.74, 6) is 1.34. The molecule has 1 aliphatic rings. The third-order valence-electron chi connectivity index (χ3n) is 3.17. The second kappa shape index (κ2) is 5.66. The van der Waals surface area contributed by atoms with Gasteiger partial charge in [0.2, 0.25) is 10.0 Å². The maximum atomic E-state index is 12.3. The first kappa shape index (κ1) is 14.6. The number of nitrogens with zero attached hydrogens (tertiary/aromatic N) is 2. The molecule has 1 saturated heterocycles. The number of H-pyrrole nitrogens is 1. The minimum atomic E-state index is -3.65. The molecule has 0 aromatic carbocycles. The summed E-state index contributed by atoms with van der Waals surface area (Å²) in [5.41, 5.74) is -0.144. The van der Waals surface area contributed by atoms with Crippen molar-refractivity contribution in [3.05, 3.63) is 18.0 Å². The summed E-state index contributed by atoms with van der Waals surface area (Å²) in [6.07, 6.45) is 6.42. The van der Waals surface area contributed by atoms with Gasteiger partial charge in [-0.05, 0) is 6.07 Å². The third kappa shape index (κ3) is 2.85. The van der Waals surface area contributed by atoms with Crippen LogP contribution in [0.15, 0.2) is 17.2 Å². The summed E-state index contributed by atoms with van der Waals surface area (Å²) in [6.45, 7) is 2.33. The molecule has 0 aliphatic carbocycles. The molecule has 8 heteroatoms. The lowest BCUT2D eigenvalue weighted by atomic mass is 10.4. The average Bonchev–Trinajstić information content (AvgIpc) is 2.90. The van der Waals surface area contributed by atoms with Gasteiger partial charge in [0.1, 0.15) is 10.6 Å². The van der Waals surface area contributed by atoms with E-state index >= 15 is 0 Å². The van der Waals surface area contributed by atoms with E-state index in [0.717, 1.165) is 6.07 Å². The van der Waals surface area contributed by atoms with Gasteiger partial charge in [-0.3, -0.25) is 4.90 Å². The number of hydrogen-bond donors (Lipinski definition) is 2. The Morgan fingerprint density at radius 1 is 1.40 bits per heavy atom. The van der Waals surface area contributed by atoms with Crippen LogP contribution in [0.1, 0.15) is 10.5 Å². The Morgan fingerprint density at radius 2 is 2.05 bits per heavy atom. The van der Waals surface area contributed by atoms with E-state index < -0.39 is 16.0 Å². The lowest BCUT2D eigenvalue weighted by Crippen LogP contribution is -2.48. The van der Waals surface area contributed by atoms with Crippen LogP contribution in [0.3, 0.4) is 0 Å². The van der Waals surface area contributed by atoms with Crippen molar-refractivity contribution in [2.75, 3.05) is 32.7 Å². The summed E-state index contributed by atoms with van der Waals surface area (Å²) in [4.78, 5) is 15.2. The van der Waals surface area contributed by atoms with Crippen molar-refractivity contribution in [2.24, 2.45) is 0 Å². The van der Waals surface area contributed by atoms with Gasteiger partial charge in [0, 0.05) is 32.4 Å². The van der Waals surface area contributed by atoms with Gasteiger partial charge in [-0.15, -0.1) is 6.42 Å². The van der Waals surface area contributed by atoms with Crippen LogP contribution in [0.25, 0.3) is 0 Å². The largest absolute Gasteiger partial charge is 0.477 e. The standard InChI is InChI=1S/C12H15N3O4S/c1-2-3-14-4-6-15(7-5-14)20(18,19)10-8-11(12(16)17)13-9-10/h1,8-9,13H,3-7H2,(H,16,17). The number of nitrogens with one attached hydrogen (secondary N) is 1. The van der Waals surface area contributed by atoms with Crippen molar-refractivity contribution in [2.45, 2.75) is 4.90 Å². The van der Waals surface area contributed by atoms with Crippen LogP contribution >= 0.6 is 0 Å². The Kier molecular flexibility index (Phi) is 4.13. The van der Waals surface area contributed by atoms with Gasteiger partial charge in [-0.25, -0.2) is 13.2 Å². The number of piperazine rings is 1. The zero-order chi connectivity index (χ0) is 14.8. The van der Waals surface area contributed by atoms with E-state index in [1.807, 2.05) is 4.90 Å². The number of aromatic amines is 1. The van der Waals surface area contributed by atoms with Crippen molar-refractivity contribution >= 4 is 16.0 Å². The number of rotatable bonds is 4. The molecule has 7 nitrogen and oxygen atoms in total. The van der Waals surface area contributed by atoms with Crippen LogP contribution in [-0.2, 0) is 10.0 Å². The fourth-order valence-corrected chi connectivity index (χ4v) is 3.47. The second-order valence-electron chi connectivity index (χ2n) is 4.44. The Hall–Kier alpha value is -1.82. The van der Waals surface area contributed by atoms with Crippen molar-refractivity contribution in [1.29, 1.82) is 0 Å². The van der Waals surface area contributed by atoms with Crippen LogP contribution in [0, 0.1) is 12.3 Å². The minimum Gasteiger partial charge on any atom is -0.477 e. The molecule has 1 aromatic rings. The Balaban J connectivity index is 2.11. The SMILES string of the molecule is C#CCN1CCN(S(=O)(=O)c2c[nH]c(C(=O)O)c2)CC1. The molecule has 2 rings (SSSR count). The molecule has 0 spiro atoms. The maximum Gasteiger partial charge on any atom is 0.352 e. The van der Waals surface area contributed by atoms with Crippen LogP contribution in [0.5, 0.6) is 0 Å². The molecule has 20 heavy (non-hydrogen) atoms. The highest BCUT2D eigenvalue weighted by atomic mass is 32.2. The van der Waals surface area contributed by atoms with Gasteiger partial charge >= 0.3 is 5.97 Å². The fourth-order valence-electron chi connectivity index (χ4n) is 2.05. The lowest BCUT2D eigenvalue weighted by Gasteiger charge is -2.32. The molecular formula is C12H15N3O4S. The van der Waals surface area contributed by atoms with E-state index in [-0.39, 0.29) is 10.6 Å². The topological polar surface area (TPSA) is 93.7 Å². The zero-order valence-electron chi connectivity index (χ0n) is 10.7. The molecular weight excluding hydrogens is 282 g/mol. The smallest absolute Gasteiger partial charge is 0.352 e. The monoisotopic (exact) mass is 297 g/mol. The molecule has 0 bridgehead atoms. The maximum absolute atomic E-state index is 12.3. The van der Waals surface area contributed by atoms with E-state index in [4.69, 9.17) is 11.5 Å². The Morgan fingerprint density at radius 3 is 2.55 bits per heavy atom. The van der Waals surface area contributed by atoms with Gasteiger partial charge in [0.05, 0.1) is 6.54 Å². The van der Waals surface area contributed by atoms with E-state index in [1.54, 1.807) is 0 Å². The third-order valence-corrected chi connectivity index (χ3v) is 5.05. The van der Waals surface area contributed by atoms with E-state index in [1.165, 1.54) is 10.5 Å². The first-order chi connectivity index (χ1) is 9.45. The van der Waals surface area contributed by atoms with Crippen LogP contribution < -0.4 is 0 Å². The fraction of sp³-hybridized carbons (Fsp3) is 0.417. The predicted octanol–water partition coefficient (Wildman–Crippen LogP) is -0.348. The number of terminal acetylenes is 1. The molecule has 2 N–H and O–H groups in total. The van der Waals surface area contributed by atoms with Gasteiger partial charge in [0.15, 0.2) is 0 Å². The molecule has 0 amide bonds. The summed E-state index contributed by atoms with van der Waals surface area (Å²) in [7, 11) is -3.65. The highest BCUT2D eigenvalue weighted by Crippen LogP contribution is 2.18. The molecule has 2 heterocycles.